The summed E-state index contributed by atoms with van der Waals surface area (Å²) in [6, 6.07) is 3.99. The lowest BCUT2D eigenvalue weighted by atomic mass is 10.1. The number of nitrogens with zero attached hydrogens (tertiary/aromatic N) is 2. The highest BCUT2D eigenvalue weighted by atomic mass is 19.1. The molecule has 1 heterocycles. The van der Waals surface area contributed by atoms with E-state index >= 15 is 0 Å². The second-order valence-electron chi connectivity index (χ2n) is 4.06. The van der Waals surface area contributed by atoms with Crippen molar-refractivity contribution in [2.24, 2.45) is 5.73 Å². The molecule has 1 aromatic heterocycles. The van der Waals surface area contributed by atoms with Crippen molar-refractivity contribution in [1.82, 2.24) is 9.97 Å². The van der Waals surface area contributed by atoms with Crippen molar-refractivity contribution in [3.05, 3.63) is 53.9 Å². The fourth-order valence-corrected chi connectivity index (χ4v) is 1.66. The maximum Gasteiger partial charge on any atom is 0.251 e. The summed E-state index contributed by atoms with van der Waals surface area (Å²) in [6.07, 6.45) is 4.81. The summed E-state index contributed by atoms with van der Waals surface area (Å²) in [5.41, 5.74) is 6.29. The first-order valence-electron chi connectivity index (χ1n) is 5.69. The molecule has 3 N–H and O–H groups in total. The molecular weight excluding hydrogens is 247 g/mol. The average molecular weight is 260 g/mol. The van der Waals surface area contributed by atoms with Crippen LogP contribution in [0.5, 0.6) is 0 Å². The van der Waals surface area contributed by atoms with Gasteiger partial charge in [-0.3, -0.25) is 14.8 Å². The number of aromatic nitrogens is 2. The van der Waals surface area contributed by atoms with Crippen LogP contribution < -0.4 is 11.1 Å². The molecule has 0 saturated heterocycles. The van der Waals surface area contributed by atoms with Crippen LogP contribution >= 0.6 is 0 Å². The summed E-state index contributed by atoms with van der Waals surface area (Å²) in [6.45, 7) is 1.89. The first kappa shape index (κ1) is 12.9. The Balaban J connectivity index is 2.20. The average Bonchev–Trinajstić information content (AvgIpc) is 2.41. The Morgan fingerprint density at radius 3 is 2.84 bits per heavy atom. The molecule has 0 bridgehead atoms. The summed E-state index contributed by atoms with van der Waals surface area (Å²) >= 11 is 0. The number of hydrogen-bond acceptors (Lipinski definition) is 4. The van der Waals surface area contributed by atoms with Crippen LogP contribution in [0.15, 0.2) is 36.8 Å². The van der Waals surface area contributed by atoms with Crippen LogP contribution in [0.1, 0.15) is 29.0 Å². The number of benzene rings is 1. The summed E-state index contributed by atoms with van der Waals surface area (Å²) < 4.78 is 13.3. The molecule has 0 aliphatic rings. The van der Waals surface area contributed by atoms with Crippen LogP contribution in [0.2, 0.25) is 0 Å². The molecule has 1 atom stereocenters. The number of carbonyl (C=O) groups excluding carboxylic acids is 1. The number of nitrogens with one attached hydrogen (secondary N) is 1. The van der Waals surface area contributed by atoms with Crippen molar-refractivity contribution >= 4 is 11.6 Å². The van der Waals surface area contributed by atoms with E-state index in [-0.39, 0.29) is 11.6 Å². The summed E-state index contributed by atoms with van der Waals surface area (Å²) in [4.78, 5) is 19.2. The van der Waals surface area contributed by atoms with Gasteiger partial charge in [-0.05, 0) is 25.1 Å². The molecule has 6 heteroatoms. The normalized spacial score (nSPS) is 11.9. The van der Waals surface area contributed by atoms with E-state index in [4.69, 9.17) is 5.73 Å². The number of rotatable bonds is 4. The van der Waals surface area contributed by atoms with Gasteiger partial charge in [0.05, 0.1) is 23.5 Å². The third-order valence-corrected chi connectivity index (χ3v) is 2.64. The van der Waals surface area contributed by atoms with Gasteiger partial charge in [0.2, 0.25) is 0 Å². The zero-order chi connectivity index (χ0) is 13.8. The Morgan fingerprint density at radius 1 is 1.42 bits per heavy atom. The molecule has 0 fully saturated rings. The smallest absolute Gasteiger partial charge is 0.251 e. The largest absolute Gasteiger partial charge is 0.377 e. The van der Waals surface area contributed by atoms with Crippen LogP contribution in [0, 0.1) is 5.82 Å². The topological polar surface area (TPSA) is 80.9 Å². The third-order valence-electron chi connectivity index (χ3n) is 2.64. The zero-order valence-corrected chi connectivity index (χ0v) is 10.3. The minimum atomic E-state index is -0.798. The fraction of sp³-hybridized carbons (Fsp3) is 0.154. The Hall–Kier alpha value is -2.50. The van der Waals surface area contributed by atoms with Gasteiger partial charge in [0.1, 0.15) is 5.82 Å². The van der Waals surface area contributed by atoms with E-state index in [0.29, 0.717) is 5.69 Å². The Bertz CT molecular complexity index is 588. The van der Waals surface area contributed by atoms with Gasteiger partial charge in [-0.2, -0.15) is 0 Å². The summed E-state index contributed by atoms with van der Waals surface area (Å²) in [7, 11) is 0. The highest BCUT2D eigenvalue weighted by Crippen LogP contribution is 2.19. The maximum absolute atomic E-state index is 13.3. The zero-order valence-electron chi connectivity index (χ0n) is 10.3. The number of amides is 1. The lowest BCUT2D eigenvalue weighted by Gasteiger charge is -2.14. The number of carbonyl (C=O) groups is 1. The van der Waals surface area contributed by atoms with Crippen molar-refractivity contribution < 1.29 is 9.18 Å². The first-order chi connectivity index (χ1) is 9.08. The lowest BCUT2D eigenvalue weighted by Crippen LogP contribution is -2.14. The predicted octanol–water partition coefficient (Wildman–Crippen LogP) is 1.89. The van der Waals surface area contributed by atoms with Gasteiger partial charge >= 0.3 is 0 Å². The number of halogens is 1. The van der Waals surface area contributed by atoms with Gasteiger partial charge in [-0.25, -0.2) is 4.39 Å². The van der Waals surface area contributed by atoms with Crippen molar-refractivity contribution in [3.63, 3.8) is 0 Å². The van der Waals surface area contributed by atoms with Gasteiger partial charge < -0.3 is 11.1 Å². The minimum absolute atomic E-state index is 0.125. The molecule has 0 aliphatic heterocycles. The molecule has 2 aromatic rings. The van der Waals surface area contributed by atoms with Crippen LogP contribution in [0.25, 0.3) is 0 Å². The maximum atomic E-state index is 13.3. The quantitative estimate of drug-likeness (QED) is 0.879. The van der Waals surface area contributed by atoms with E-state index in [0.717, 1.165) is 5.69 Å². The first-order valence-corrected chi connectivity index (χ1v) is 5.69. The van der Waals surface area contributed by atoms with Crippen LogP contribution in [0.4, 0.5) is 10.1 Å². The third kappa shape index (κ3) is 3.04. The molecule has 1 unspecified atom stereocenters. The number of nitrogens with two attached hydrogens (primary N) is 1. The van der Waals surface area contributed by atoms with E-state index in [1.807, 2.05) is 6.92 Å². The molecule has 0 saturated carbocycles. The fourth-order valence-electron chi connectivity index (χ4n) is 1.66. The molecule has 1 amide bonds. The van der Waals surface area contributed by atoms with Crippen molar-refractivity contribution in [1.29, 1.82) is 0 Å². The van der Waals surface area contributed by atoms with Crippen molar-refractivity contribution in [2.45, 2.75) is 13.0 Å². The molecular formula is C13H13FN4O. The Morgan fingerprint density at radius 2 is 2.21 bits per heavy atom. The SMILES string of the molecule is CC(Nc1ccc(F)c(C(N)=O)c1)c1cnccn1. The summed E-state index contributed by atoms with van der Waals surface area (Å²) in [5, 5.41) is 3.10. The molecule has 1 aromatic carbocycles. The van der Waals surface area contributed by atoms with Crippen LogP contribution in [0.3, 0.4) is 0 Å². The van der Waals surface area contributed by atoms with Crippen LogP contribution in [-0.2, 0) is 0 Å². The molecule has 0 radical (unpaired) electrons. The van der Waals surface area contributed by atoms with E-state index in [2.05, 4.69) is 15.3 Å². The lowest BCUT2D eigenvalue weighted by molar-refractivity contribution is 0.0996. The Kier molecular flexibility index (Phi) is 3.70. The van der Waals surface area contributed by atoms with Crippen molar-refractivity contribution in [3.8, 4) is 0 Å². The number of anilines is 1. The van der Waals surface area contributed by atoms with Crippen LogP contribution in [-0.4, -0.2) is 15.9 Å². The molecule has 98 valence electrons. The standard InChI is InChI=1S/C13H13FN4O/c1-8(12-7-16-4-5-17-12)18-9-2-3-11(14)10(6-9)13(15)19/h2-8,18H,1H3,(H2,15,19). The molecule has 0 spiro atoms. The molecule has 0 aliphatic carbocycles. The van der Waals surface area contributed by atoms with Gasteiger partial charge in [0, 0.05) is 18.1 Å². The number of hydrogen-bond donors (Lipinski definition) is 2. The van der Waals surface area contributed by atoms with E-state index < -0.39 is 11.7 Å². The van der Waals surface area contributed by atoms with Gasteiger partial charge in [-0.15, -0.1) is 0 Å². The van der Waals surface area contributed by atoms with Gasteiger partial charge in [0.15, 0.2) is 0 Å². The highest BCUT2D eigenvalue weighted by Gasteiger charge is 2.11. The monoisotopic (exact) mass is 260 g/mol. The highest BCUT2D eigenvalue weighted by molar-refractivity contribution is 5.94. The van der Waals surface area contributed by atoms with Gasteiger partial charge in [0.25, 0.3) is 5.91 Å². The predicted molar refractivity (Wildman–Crippen MR) is 69.0 cm³/mol. The molecule has 19 heavy (non-hydrogen) atoms. The second-order valence-corrected chi connectivity index (χ2v) is 4.06. The summed E-state index contributed by atoms with van der Waals surface area (Å²) in [5.74, 6) is -1.43. The van der Waals surface area contributed by atoms with E-state index in [1.165, 1.54) is 18.2 Å². The number of primary amides is 1. The van der Waals surface area contributed by atoms with E-state index in [1.54, 1.807) is 18.6 Å². The minimum Gasteiger partial charge on any atom is -0.377 e. The van der Waals surface area contributed by atoms with Crippen molar-refractivity contribution in [2.75, 3.05) is 5.32 Å². The molecule has 5 nitrogen and oxygen atoms in total. The van der Waals surface area contributed by atoms with Gasteiger partial charge in [-0.1, -0.05) is 0 Å². The Labute approximate surface area is 109 Å². The molecule has 2 rings (SSSR count). The van der Waals surface area contributed by atoms with E-state index in [9.17, 15) is 9.18 Å². The second kappa shape index (κ2) is 5.43.